The number of nitrogens with one attached hydrogen (secondary N) is 1. The third-order valence-electron chi connectivity index (χ3n) is 4.49. The zero-order valence-corrected chi connectivity index (χ0v) is 14.5. The second-order valence-electron chi connectivity index (χ2n) is 6.16. The van der Waals surface area contributed by atoms with Crippen molar-refractivity contribution in [1.82, 2.24) is 15.2 Å². The number of aromatic nitrogens is 1. The van der Waals surface area contributed by atoms with Crippen molar-refractivity contribution in [3.05, 3.63) is 63.9 Å². The van der Waals surface area contributed by atoms with Gasteiger partial charge in [0.15, 0.2) is 0 Å². The molecule has 0 radical (unpaired) electrons. The molecule has 0 spiro atoms. The van der Waals surface area contributed by atoms with Crippen molar-refractivity contribution in [1.29, 1.82) is 0 Å². The van der Waals surface area contributed by atoms with Crippen LogP contribution >= 0.6 is 11.6 Å². The van der Waals surface area contributed by atoms with Crippen LogP contribution in [0.5, 0.6) is 0 Å². The number of halogens is 4. The summed E-state index contributed by atoms with van der Waals surface area (Å²) in [4.78, 5) is 6.30. The first-order valence-corrected chi connectivity index (χ1v) is 8.47. The van der Waals surface area contributed by atoms with E-state index in [0.717, 1.165) is 37.3 Å². The summed E-state index contributed by atoms with van der Waals surface area (Å²) in [5.74, 6) is 0. The van der Waals surface area contributed by atoms with Crippen molar-refractivity contribution >= 4 is 11.6 Å². The molecule has 1 saturated heterocycles. The zero-order valence-electron chi connectivity index (χ0n) is 13.8. The Kier molecular flexibility index (Phi) is 5.32. The van der Waals surface area contributed by atoms with Crippen LogP contribution in [0.3, 0.4) is 0 Å². The highest BCUT2D eigenvalue weighted by Gasteiger charge is 2.35. The van der Waals surface area contributed by atoms with Crippen molar-refractivity contribution in [2.45, 2.75) is 19.1 Å². The van der Waals surface area contributed by atoms with Crippen LogP contribution in [0.2, 0.25) is 5.02 Å². The van der Waals surface area contributed by atoms with Crippen LogP contribution in [0.1, 0.15) is 28.3 Å². The van der Waals surface area contributed by atoms with E-state index in [2.05, 4.69) is 15.2 Å². The van der Waals surface area contributed by atoms with E-state index in [4.69, 9.17) is 11.6 Å². The predicted octanol–water partition coefficient (Wildman–Crippen LogP) is 4.06. The molecule has 3 rings (SSSR count). The summed E-state index contributed by atoms with van der Waals surface area (Å²) in [5.41, 5.74) is 1.72. The summed E-state index contributed by atoms with van der Waals surface area (Å²) in [7, 11) is 0. The lowest BCUT2D eigenvalue weighted by atomic mass is 9.93. The van der Waals surface area contributed by atoms with Crippen LogP contribution in [0, 0.1) is 6.92 Å². The molecule has 0 bridgehead atoms. The minimum absolute atomic E-state index is 0.261. The first-order chi connectivity index (χ1) is 11.9. The number of benzene rings is 1. The second kappa shape index (κ2) is 7.32. The first kappa shape index (κ1) is 18.2. The number of alkyl halides is 3. The predicted molar refractivity (Wildman–Crippen MR) is 91.7 cm³/mol. The number of rotatable bonds is 3. The average Bonchev–Trinajstić information content (AvgIpc) is 2.58. The fourth-order valence-corrected chi connectivity index (χ4v) is 3.47. The van der Waals surface area contributed by atoms with Crippen LogP contribution in [0.15, 0.2) is 36.7 Å². The summed E-state index contributed by atoms with van der Waals surface area (Å²) in [5, 5.41) is 3.00. The largest absolute Gasteiger partial charge is 0.417 e. The Morgan fingerprint density at radius 3 is 2.56 bits per heavy atom. The topological polar surface area (TPSA) is 28.2 Å². The lowest BCUT2D eigenvalue weighted by molar-refractivity contribution is -0.137. The first-order valence-electron chi connectivity index (χ1n) is 8.10. The summed E-state index contributed by atoms with van der Waals surface area (Å²) in [6.07, 6.45) is -1.06. The Hall–Kier alpha value is -1.63. The molecule has 0 amide bonds. The van der Waals surface area contributed by atoms with Crippen molar-refractivity contribution in [3.63, 3.8) is 0 Å². The van der Waals surface area contributed by atoms with Gasteiger partial charge < -0.3 is 5.32 Å². The molecule has 134 valence electrons. The van der Waals surface area contributed by atoms with Gasteiger partial charge in [-0.2, -0.15) is 13.2 Å². The molecule has 1 fully saturated rings. The van der Waals surface area contributed by atoms with Gasteiger partial charge in [0.1, 0.15) is 0 Å². The van der Waals surface area contributed by atoms with E-state index in [1.807, 2.05) is 13.0 Å². The molecule has 2 heterocycles. The molecule has 1 aliphatic rings. The molecule has 3 nitrogen and oxygen atoms in total. The molecule has 1 N–H and O–H groups in total. The lowest BCUT2D eigenvalue weighted by Gasteiger charge is -2.36. The molecular weight excluding hydrogens is 351 g/mol. The maximum atomic E-state index is 13.3. The number of hydrogen-bond donors (Lipinski definition) is 1. The third kappa shape index (κ3) is 3.97. The highest BCUT2D eigenvalue weighted by molar-refractivity contribution is 6.31. The van der Waals surface area contributed by atoms with Crippen molar-refractivity contribution in [2.75, 3.05) is 26.2 Å². The van der Waals surface area contributed by atoms with Gasteiger partial charge in [0, 0.05) is 38.6 Å². The Bertz CT molecular complexity index is 743. The SMILES string of the molecule is Cc1cnccc1C(c1ccc(Cl)c(C(F)(F)F)c1)N1CCNCC1. The Morgan fingerprint density at radius 2 is 1.92 bits per heavy atom. The minimum Gasteiger partial charge on any atom is -0.314 e. The zero-order chi connectivity index (χ0) is 18.0. The highest BCUT2D eigenvalue weighted by atomic mass is 35.5. The van der Waals surface area contributed by atoms with E-state index in [-0.39, 0.29) is 11.1 Å². The van der Waals surface area contributed by atoms with Gasteiger partial charge in [-0.1, -0.05) is 17.7 Å². The molecule has 1 unspecified atom stereocenters. The minimum atomic E-state index is -4.48. The van der Waals surface area contributed by atoms with E-state index in [9.17, 15) is 13.2 Å². The number of piperazine rings is 1. The summed E-state index contributed by atoms with van der Waals surface area (Å²) >= 11 is 5.80. The molecule has 25 heavy (non-hydrogen) atoms. The normalized spacial score (nSPS) is 17.5. The van der Waals surface area contributed by atoms with E-state index >= 15 is 0 Å². The van der Waals surface area contributed by atoms with Gasteiger partial charge in [-0.05, 0) is 41.8 Å². The Balaban J connectivity index is 2.10. The molecule has 1 aliphatic heterocycles. The maximum absolute atomic E-state index is 13.3. The molecule has 2 aromatic rings. The van der Waals surface area contributed by atoms with Gasteiger partial charge in [0.05, 0.1) is 16.6 Å². The van der Waals surface area contributed by atoms with Crippen LogP contribution in [0.25, 0.3) is 0 Å². The third-order valence-corrected chi connectivity index (χ3v) is 4.82. The summed E-state index contributed by atoms with van der Waals surface area (Å²) in [6, 6.07) is 5.82. The number of hydrogen-bond acceptors (Lipinski definition) is 3. The van der Waals surface area contributed by atoms with Gasteiger partial charge in [0.25, 0.3) is 0 Å². The van der Waals surface area contributed by atoms with E-state index in [1.165, 1.54) is 12.1 Å². The monoisotopic (exact) mass is 369 g/mol. The van der Waals surface area contributed by atoms with Crippen molar-refractivity contribution in [3.8, 4) is 0 Å². The fourth-order valence-electron chi connectivity index (χ4n) is 3.25. The average molecular weight is 370 g/mol. The van der Waals surface area contributed by atoms with E-state index in [1.54, 1.807) is 18.5 Å². The molecule has 1 aromatic heterocycles. The van der Waals surface area contributed by atoms with Crippen LogP contribution in [0.4, 0.5) is 13.2 Å². The number of aryl methyl sites for hydroxylation is 1. The Morgan fingerprint density at radius 1 is 1.20 bits per heavy atom. The molecule has 1 atom stereocenters. The van der Waals surface area contributed by atoms with E-state index < -0.39 is 11.7 Å². The summed E-state index contributed by atoms with van der Waals surface area (Å²) in [6.45, 7) is 5.06. The number of pyridine rings is 1. The van der Waals surface area contributed by atoms with Gasteiger partial charge in [-0.3, -0.25) is 9.88 Å². The number of nitrogens with zero attached hydrogens (tertiary/aromatic N) is 2. The van der Waals surface area contributed by atoms with Crippen molar-refractivity contribution in [2.24, 2.45) is 0 Å². The van der Waals surface area contributed by atoms with Crippen LogP contribution < -0.4 is 5.32 Å². The van der Waals surface area contributed by atoms with Gasteiger partial charge >= 0.3 is 6.18 Å². The second-order valence-corrected chi connectivity index (χ2v) is 6.57. The van der Waals surface area contributed by atoms with Gasteiger partial charge in [-0.25, -0.2) is 0 Å². The molecule has 0 saturated carbocycles. The summed E-state index contributed by atoms with van der Waals surface area (Å²) < 4.78 is 39.9. The van der Waals surface area contributed by atoms with Crippen LogP contribution in [-0.2, 0) is 6.18 Å². The standard InChI is InChI=1S/C18H19ClF3N3/c1-12-11-24-5-4-14(12)17(25-8-6-23-7-9-25)13-2-3-16(19)15(10-13)18(20,21)22/h2-5,10-11,17,23H,6-9H2,1H3. The van der Waals surface area contributed by atoms with E-state index in [0.29, 0.717) is 5.56 Å². The van der Waals surface area contributed by atoms with Gasteiger partial charge in [-0.15, -0.1) is 0 Å². The molecular formula is C18H19ClF3N3. The Labute approximate surface area is 149 Å². The molecule has 0 aliphatic carbocycles. The van der Waals surface area contributed by atoms with Crippen molar-refractivity contribution < 1.29 is 13.2 Å². The fraction of sp³-hybridized carbons (Fsp3) is 0.389. The molecule has 1 aromatic carbocycles. The van der Waals surface area contributed by atoms with Crippen LogP contribution in [-0.4, -0.2) is 36.1 Å². The molecule has 7 heteroatoms. The maximum Gasteiger partial charge on any atom is 0.417 e. The smallest absolute Gasteiger partial charge is 0.314 e. The highest BCUT2D eigenvalue weighted by Crippen LogP contribution is 2.38. The quantitative estimate of drug-likeness (QED) is 0.884. The lowest BCUT2D eigenvalue weighted by Crippen LogP contribution is -2.45. The van der Waals surface area contributed by atoms with Gasteiger partial charge in [0.2, 0.25) is 0 Å².